The maximum atomic E-state index is 12.8. The number of fused-ring (bicyclic) bond motifs is 2. The van der Waals surface area contributed by atoms with Gasteiger partial charge in [-0.1, -0.05) is 33.1 Å². The van der Waals surface area contributed by atoms with Crippen LogP contribution in [-0.4, -0.2) is 21.5 Å². The van der Waals surface area contributed by atoms with Crippen molar-refractivity contribution in [3.05, 3.63) is 39.9 Å². The summed E-state index contributed by atoms with van der Waals surface area (Å²) in [6.45, 7) is 5.24. The van der Waals surface area contributed by atoms with Crippen molar-refractivity contribution in [1.29, 1.82) is 0 Å². The number of nitrogens with zero attached hydrogens (tertiary/aromatic N) is 2. The van der Waals surface area contributed by atoms with E-state index in [-0.39, 0.29) is 17.5 Å². The van der Waals surface area contributed by atoms with E-state index in [0.29, 0.717) is 28.3 Å². The lowest BCUT2D eigenvalue weighted by atomic mass is 9.78. The molecule has 2 heterocycles. The molecule has 0 spiro atoms. The van der Waals surface area contributed by atoms with Crippen LogP contribution >= 0.6 is 0 Å². The molecule has 1 amide bonds. The van der Waals surface area contributed by atoms with Gasteiger partial charge in [-0.15, -0.1) is 0 Å². The molecule has 144 valence electrons. The van der Waals surface area contributed by atoms with E-state index >= 15 is 0 Å². The molecule has 2 aliphatic rings. The number of rotatable bonds is 2. The molecular weight excluding hydrogens is 338 g/mol. The van der Waals surface area contributed by atoms with Gasteiger partial charge >= 0.3 is 0 Å². The molecule has 1 aromatic heterocycles. The number of carbonyl (C=O) groups is 1. The summed E-state index contributed by atoms with van der Waals surface area (Å²) >= 11 is 0. The van der Waals surface area contributed by atoms with Crippen LogP contribution in [0.2, 0.25) is 0 Å². The van der Waals surface area contributed by atoms with Crippen molar-refractivity contribution in [1.82, 2.24) is 14.9 Å². The zero-order valence-electron chi connectivity index (χ0n) is 16.3. The maximum Gasteiger partial charge on any atom is 0.261 e. The van der Waals surface area contributed by atoms with Crippen molar-refractivity contribution in [3.8, 4) is 0 Å². The summed E-state index contributed by atoms with van der Waals surface area (Å²) < 4.78 is 1.82. The van der Waals surface area contributed by atoms with Gasteiger partial charge in [-0.05, 0) is 49.3 Å². The fourth-order valence-corrected chi connectivity index (χ4v) is 4.60. The highest BCUT2D eigenvalue weighted by Crippen LogP contribution is 2.29. The van der Waals surface area contributed by atoms with Crippen LogP contribution in [0.25, 0.3) is 10.9 Å². The van der Waals surface area contributed by atoms with Crippen LogP contribution in [0.5, 0.6) is 0 Å². The average Bonchev–Trinajstić information content (AvgIpc) is 2.91. The van der Waals surface area contributed by atoms with Crippen molar-refractivity contribution in [2.45, 2.75) is 71.4 Å². The Bertz CT molecular complexity index is 918. The van der Waals surface area contributed by atoms with Crippen molar-refractivity contribution < 1.29 is 4.79 Å². The van der Waals surface area contributed by atoms with Gasteiger partial charge in [0.15, 0.2) is 0 Å². The zero-order valence-corrected chi connectivity index (χ0v) is 16.3. The Balaban J connectivity index is 1.63. The summed E-state index contributed by atoms with van der Waals surface area (Å²) in [6, 6.07) is 5.54. The van der Waals surface area contributed by atoms with Gasteiger partial charge in [0.2, 0.25) is 0 Å². The van der Waals surface area contributed by atoms with Gasteiger partial charge < -0.3 is 5.32 Å². The Hall–Kier alpha value is -2.17. The molecule has 0 radical (unpaired) electrons. The minimum atomic E-state index is -0.0558. The van der Waals surface area contributed by atoms with Crippen LogP contribution in [-0.2, 0) is 13.0 Å². The molecule has 5 heteroatoms. The van der Waals surface area contributed by atoms with Crippen LogP contribution in [0.1, 0.15) is 68.6 Å². The molecule has 0 saturated heterocycles. The van der Waals surface area contributed by atoms with Gasteiger partial charge in [0.05, 0.1) is 10.9 Å². The predicted molar refractivity (Wildman–Crippen MR) is 107 cm³/mol. The minimum Gasteiger partial charge on any atom is -0.349 e. The summed E-state index contributed by atoms with van der Waals surface area (Å²) in [7, 11) is 0. The first-order chi connectivity index (χ1) is 13.0. The zero-order chi connectivity index (χ0) is 19.0. The summed E-state index contributed by atoms with van der Waals surface area (Å²) in [5.41, 5.74) is 1.27. The molecule has 1 fully saturated rings. The molecule has 5 nitrogen and oxygen atoms in total. The molecule has 2 aromatic rings. The molecule has 1 aliphatic carbocycles. The normalized spacial score (nSPS) is 25.6. The lowest BCUT2D eigenvalue weighted by molar-refractivity contribution is 0.0891. The van der Waals surface area contributed by atoms with Crippen molar-refractivity contribution in [2.24, 2.45) is 11.8 Å². The fourth-order valence-electron chi connectivity index (χ4n) is 4.60. The van der Waals surface area contributed by atoms with E-state index in [1.807, 2.05) is 4.57 Å². The summed E-state index contributed by atoms with van der Waals surface area (Å²) in [5, 5.41) is 3.83. The Morgan fingerprint density at radius 3 is 2.85 bits per heavy atom. The second-order valence-electron chi connectivity index (χ2n) is 8.37. The highest BCUT2D eigenvalue weighted by Gasteiger charge is 2.28. The first-order valence-electron chi connectivity index (χ1n) is 10.4. The van der Waals surface area contributed by atoms with Gasteiger partial charge in [0.25, 0.3) is 11.5 Å². The third-order valence-electron chi connectivity index (χ3n) is 6.60. The van der Waals surface area contributed by atoms with E-state index in [2.05, 4.69) is 19.2 Å². The van der Waals surface area contributed by atoms with Crippen LogP contribution in [0.15, 0.2) is 23.0 Å². The van der Waals surface area contributed by atoms with E-state index in [4.69, 9.17) is 4.98 Å². The first-order valence-corrected chi connectivity index (χ1v) is 10.4. The minimum absolute atomic E-state index is 0.0265. The Morgan fingerprint density at radius 1 is 1.15 bits per heavy atom. The van der Waals surface area contributed by atoms with E-state index < -0.39 is 0 Å². The van der Waals surface area contributed by atoms with Crippen LogP contribution in [0, 0.1) is 11.8 Å². The number of aromatic nitrogens is 2. The smallest absolute Gasteiger partial charge is 0.261 e. The molecule has 0 bridgehead atoms. The van der Waals surface area contributed by atoms with Gasteiger partial charge in [0, 0.05) is 24.6 Å². The molecule has 0 unspecified atom stereocenters. The summed E-state index contributed by atoms with van der Waals surface area (Å²) in [6.07, 6.45) is 7.50. The Labute approximate surface area is 160 Å². The van der Waals surface area contributed by atoms with E-state index in [9.17, 15) is 9.59 Å². The molecule has 3 atom stereocenters. The largest absolute Gasteiger partial charge is 0.349 e. The maximum absolute atomic E-state index is 12.8. The number of nitrogens with one attached hydrogen (secondary N) is 1. The third-order valence-corrected chi connectivity index (χ3v) is 6.60. The van der Waals surface area contributed by atoms with Crippen LogP contribution < -0.4 is 10.9 Å². The van der Waals surface area contributed by atoms with E-state index in [0.717, 1.165) is 44.5 Å². The van der Waals surface area contributed by atoms with Crippen molar-refractivity contribution >= 4 is 16.8 Å². The van der Waals surface area contributed by atoms with Crippen LogP contribution in [0.4, 0.5) is 0 Å². The Kier molecular flexibility index (Phi) is 5.02. The molecule has 1 aromatic carbocycles. The number of benzene rings is 1. The number of hydrogen-bond donors (Lipinski definition) is 1. The monoisotopic (exact) mass is 367 g/mol. The standard InChI is InChI=1S/C22H29N3O2/c1-14-7-6-8-18(15(14)2)24-21(26)16-10-11-17-19(13-16)23-20-9-4-3-5-12-25(20)22(17)27/h10-11,13-15,18H,3-9,12H2,1-2H3,(H,24,26)/t14-,15+,18-/m0/s1. The number of hydrogen-bond acceptors (Lipinski definition) is 3. The molecular formula is C22H29N3O2. The number of carbonyl (C=O) groups excluding carboxylic acids is 1. The third kappa shape index (κ3) is 3.52. The van der Waals surface area contributed by atoms with Crippen molar-refractivity contribution in [3.63, 3.8) is 0 Å². The summed E-state index contributed by atoms with van der Waals surface area (Å²) in [5.74, 6) is 1.93. The van der Waals surface area contributed by atoms with Gasteiger partial charge in [-0.2, -0.15) is 0 Å². The first kappa shape index (κ1) is 18.2. The highest BCUT2D eigenvalue weighted by molar-refractivity contribution is 5.97. The van der Waals surface area contributed by atoms with Gasteiger partial charge in [-0.3, -0.25) is 14.2 Å². The second kappa shape index (κ2) is 7.45. The molecule has 1 N–H and O–H groups in total. The molecule has 1 saturated carbocycles. The SMILES string of the molecule is C[C@H]1[C@@H](NC(=O)c2ccc3c(=O)n4c(nc3c2)CCCCC4)CCC[C@@H]1C. The molecule has 4 rings (SSSR count). The van der Waals surface area contributed by atoms with Crippen LogP contribution in [0.3, 0.4) is 0 Å². The number of amides is 1. The lowest BCUT2D eigenvalue weighted by Crippen LogP contribution is -2.43. The topological polar surface area (TPSA) is 64.0 Å². The summed E-state index contributed by atoms with van der Waals surface area (Å²) in [4.78, 5) is 30.4. The van der Waals surface area contributed by atoms with E-state index in [1.54, 1.807) is 18.2 Å². The second-order valence-corrected chi connectivity index (χ2v) is 8.37. The molecule has 27 heavy (non-hydrogen) atoms. The lowest BCUT2D eigenvalue weighted by Gasteiger charge is -2.34. The Morgan fingerprint density at radius 2 is 2.00 bits per heavy atom. The quantitative estimate of drug-likeness (QED) is 0.881. The fraction of sp³-hybridized carbons (Fsp3) is 0.591. The molecule has 1 aliphatic heterocycles. The van der Waals surface area contributed by atoms with E-state index in [1.165, 1.54) is 12.8 Å². The average molecular weight is 367 g/mol. The predicted octanol–water partition coefficient (Wildman–Crippen LogP) is 3.68. The van der Waals surface area contributed by atoms with Gasteiger partial charge in [-0.25, -0.2) is 4.98 Å². The number of aryl methyl sites for hydroxylation is 1. The van der Waals surface area contributed by atoms with Crippen molar-refractivity contribution in [2.75, 3.05) is 0 Å². The highest BCUT2D eigenvalue weighted by atomic mass is 16.1. The van der Waals surface area contributed by atoms with Gasteiger partial charge in [0.1, 0.15) is 5.82 Å².